The van der Waals surface area contributed by atoms with Gasteiger partial charge in [0.1, 0.15) is 0 Å². The predicted octanol–water partition coefficient (Wildman–Crippen LogP) is 5.77. The smallest absolute Gasteiger partial charge is 0.270 e. The van der Waals surface area contributed by atoms with Crippen molar-refractivity contribution in [1.29, 1.82) is 0 Å². The highest BCUT2D eigenvalue weighted by molar-refractivity contribution is 6.04. The van der Waals surface area contributed by atoms with Crippen LogP contribution in [0.5, 0.6) is 0 Å². The molecule has 0 radical (unpaired) electrons. The van der Waals surface area contributed by atoms with E-state index in [1.165, 1.54) is 11.1 Å². The van der Waals surface area contributed by atoms with Crippen LogP contribution in [0.25, 0.3) is 10.9 Å². The fourth-order valence-corrected chi connectivity index (χ4v) is 5.01. The van der Waals surface area contributed by atoms with Crippen LogP contribution >= 0.6 is 0 Å². The molecule has 0 unspecified atom stereocenters. The molecule has 6 nitrogen and oxygen atoms in total. The van der Waals surface area contributed by atoms with Crippen molar-refractivity contribution in [2.24, 2.45) is 0 Å². The van der Waals surface area contributed by atoms with Crippen molar-refractivity contribution >= 4 is 22.4 Å². The Labute approximate surface area is 198 Å². The molecule has 34 heavy (non-hydrogen) atoms. The van der Waals surface area contributed by atoms with E-state index in [-0.39, 0.29) is 16.4 Å². The number of rotatable bonds is 8. The monoisotopic (exact) mass is 453 g/mol. The Balaban J connectivity index is 1.48. The molecule has 5 rings (SSSR count). The van der Waals surface area contributed by atoms with Gasteiger partial charge in [0.25, 0.3) is 5.69 Å². The number of fused-ring (bicyclic) bond motifs is 3. The van der Waals surface area contributed by atoms with E-state index >= 15 is 0 Å². The first-order valence-electron chi connectivity index (χ1n) is 11.7. The lowest BCUT2D eigenvalue weighted by atomic mass is 9.94. The van der Waals surface area contributed by atoms with E-state index in [1.54, 1.807) is 18.2 Å². The SMILES string of the molecule is O=C1CCCc2c1n(CCN(Cc1ccccc1)Cc1ccccc1)c1ccc([N+](=O)[O-])cc21. The quantitative estimate of drug-likeness (QED) is 0.251. The summed E-state index contributed by atoms with van der Waals surface area (Å²) in [5, 5.41) is 12.2. The molecule has 0 aliphatic heterocycles. The first kappa shape index (κ1) is 22.0. The summed E-state index contributed by atoms with van der Waals surface area (Å²) in [4.78, 5) is 26.3. The molecule has 1 aliphatic rings. The van der Waals surface area contributed by atoms with Gasteiger partial charge in [-0.2, -0.15) is 0 Å². The number of non-ortho nitro benzene ring substituents is 1. The molecule has 4 aromatic rings. The number of carbonyl (C=O) groups excluding carboxylic acids is 1. The molecule has 3 aromatic carbocycles. The fraction of sp³-hybridized carbons (Fsp3) is 0.250. The van der Waals surface area contributed by atoms with Crippen molar-refractivity contribution in [3.05, 3.63) is 111 Å². The third-order valence-electron chi connectivity index (χ3n) is 6.60. The molecule has 0 saturated heterocycles. The number of carbonyl (C=O) groups is 1. The summed E-state index contributed by atoms with van der Waals surface area (Å²) in [6, 6.07) is 25.8. The second-order valence-corrected chi connectivity index (χ2v) is 8.90. The van der Waals surface area contributed by atoms with E-state index in [4.69, 9.17) is 0 Å². The third-order valence-corrected chi connectivity index (χ3v) is 6.60. The lowest BCUT2D eigenvalue weighted by Crippen LogP contribution is -2.28. The van der Waals surface area contributed by atoms with Crippen molar-refractivity contribution in [2.75, 3.05) is 6.54 Å². The van der Waals surface area contributed by atoms with Crippen LogP contribution < -0.4 is 0 Å². The summed E-state index contributed by atoms with van der Waals surface area (Å²) >= 11 is 0. The van der Waals surface area contributed by atoms with E-state index < -0.39 is 0 Å². The maximum Gasteiger partial charge on any atom is 0.270 e. The maximum atomic E-state index is 13.0. The van der Waals surface area contributed by atoms with Gasteiger partial charge in [0.2, 0.25) is 0 Å². The van der Waals surface area contributed by atoms with Gasteiger partial charge < -0.3 is 4.57 Å². The highest BCUT2D eigenvalue weighted by Gasteiger charge is 2.27. The first-order chi connectivity index (χ1) is 16.6. The molecule has 1 aliphatic carbocycles. The molecule has 0 amide bonds. The Morgan fingerprint density at radius 2 is 1.53 bits per heavy atom. The van der Waals surface area contributed by atoms with Gasteiger partial charge in [0.15, 0.2) is 5.78 Å². The lowest BCUT2D eigenvalue weighted by molar-refractivity contribution is -0.384. The van der Waals surface area contributed by atoms with E-state index in [0.717, 1.165) is 54.6 Å². The van der Waals surface area contributed by atoms with Crippen molar-refractivity contribution < 1.29 is 9.72 Å². The number of nitrogens with zero attached hydrogens (tertiary/aromatic N) is 3. The Hall–Kier alpha value is -3.77. The van der Waals surface area contributed by atoms with Gasteiger partial charge in [-0.1, -0.05) is 60.7 Å². The Morgan fingerprint density at radius 3 is 2.15 bits per heavy atom. The van der Waals surface area contributed by atoms with Crippen LogP contribution in [-0.2, 0) is 26.1 Å². The number of nitro benzene ring substituents is 1. The Morgan fingerprint density at radius 1 is 0.882 bits per heavy atom. The largest absolute Gasteiger partial charge is 0.337 e. The summed E-state index contributed by atoms with van der Waals surface area (Å²) in [5.74, 6) is 0.137. The number of aromatic nitrogens is 1. The molecular weight excluding hydrogens is 426 g/mol. The zero-order valence-corrected chi connectivity index (χ0v) is 19.0. The van der Waals surface area contributed by atoms with E-state index in [2.05, 4.69) is 58.0 Å². The van der Waals surface area contributed by atoms with Crippen LogP contribution in [0.4, 0.5) is 5.69 Å². The van der Waals surface area contributed by atoms with E-state index in [0.29, 0.717) is 13.0 Å². The summed E-state index contributed by atoms with van der Waals surface area (Å²) in [5.41, 5.74) is 5.16. The molecule has 0 spiro atoms. The number of ketones is 1. The number of hydrogen-bond donors (Lipinski definition) is 0. The van der Waals surface area contributed by atoms with Crippen molar-refractivity contribution in [2.45, 2.75) is 38.9 Å². The lowest BCUT2D eigenvalue weighted by Gasteiger charge is -2.24. The highest BCUT2D eigenvalue weighted by Crippen LogP contribution is 2.34. The summed E-state index contributed by atoms with van der Waals surface area (Å²) in [6.45, 7) is 3.01. The Bertz CT molecular complexity index is 1290. The maximum absolute atomic E-state index is 13.0. The van der Waals surface area contributed by atoms with Gasteiger partial charge in [-0.25, -0.2) is 0 Å². The van der Waals surface area contributed by atoms with Crippen LogP contribution in [-0.4, -0.2) is 26.7 Å². The van der Waals surface area contributed by atoms with Crippen molar-refractivity contribution in [3.63, 3.8) is 0 Å². The molecule has 0 saturated carbocycles. The van der Waals surface area contributed by atoms with Crippen LogP contribution in [0.1, 0.15) is 40.0 Å². The van der Waals surface area contributed by atoms with E-state index in [9.17, 15) is 14.9 Å². The number of benzene rings is 3. The minimum Gasteiger partial charge on any atom is -0.337 e. The molecule has 172 valence electrons. The molecule has 0 atom stereocenters. The van der Waals surface area contributed by atoms with Crippen LogP contribution in [0, 0.1) is 10.1 Å². The second kappa shape index (κ2) is 9.61. The molecule has 0 bridgehead atoms. The Kier molecular flexibility index (Phi) is 6.23. The summed E-state index contributed by atoms with van der Waals surface area (Å²) in [7, 11) is 0. The molecule has 6 heteroatoms. The summed E-state index contributed by atoms with van der Waals surface area (Å²) < 4.78 is 2.10. The minimum atomic E-state index is -0.366. The van der Waals surface area contributed by atoms with Crippen molar-refractivity contribution in [1.82, 2.24) is 9.47 Å². The summed E-state index contributed by atoms with van der Waals surface area (Å²) in [6.07, 6.45) is 2.11. The average Bonchev–Trinajstić information content (AvgIpc) is 3.18. The number of hydrogen-bond acceptors (Lipinski definition) is 4. The molecule has 1 heterocycles. The average molecular weight is 454 g/mol. The second-order valence-electron chi connectivity index (χ2n) is 8.90. The standard InChI is InChI=1S/C28H27N3O3/c32-27-13-7-12-24-25-18-23(31(33)34)14-15-26(25)30(28(24)27)17-16-29(19-21-8-3-1-4-9-21)20-22-10-5-2-6-11-22/h1-6,8-11,14-15,18H,7,12-13,16-17,19-20H2. The number of nitro groups is 1. The van der Waals surface area contributed by atoms with Crippen molar-refractivity contribution in [3.8, 4) is 0 Å². The molecule has 1 aromatic heterocycles. The minimum absolute atomic E-state index is 0.0697. The first-order valence-corrected chi connectivity index (χ1v) is 11.7. The predicted molar refractivity (Wildman–Crippen MR) is 133 cm³/mol. The van der Waals surface area contributed by atoms with Crippen LogP contribution in [0.2, 0.25) is 0 Å². The zero-order chi connectivity index (χ0) is 23.5. The topological polar surface area (TPSA) is 68.4 Å². The van der Waals surface area contributed by atoms with Gasteiger partial charge in [-0.15, -0.1) is 0 Å². The van der Waals surface area contributed by atoms with Crippen LogP contribution in [0.15, 0.2) is 78.9 Å². The van der Waals surface area contributed by atoms with Gasteiger partial charge in [0, 0.05) is 55.6 Å². The zero-order valence-electron chi connectivity index (χ0n) is 19.0. The van der Waals surface area contributed by atoms with Gasteiger partial charge in [-0.3, -0.25) is 19.8 Å². The fourth-order valence-electron chi connectivity index (χ4n) is 5.01. The molecule has 0 fully saturated rings. The third kappa shape index (κ3) is 4.50. The van der Waals surface area contributed by atoms with E-state index in [1.807, 2.05) is 12.1 Å². The molecular formula is C28H27N3O3. The highest BCUT2D eigenvalue weighted by atomic mass is 16.6. The number of aryl methyl sites for hydroxylation is 1. The van der Waals surface area contributed by atoms with Gasteiger partial charge in [0.05, 0.1) is 10.6 Å². The normalized spacial score (nSPS) is 13.4. The van der Waals surface area contributed by atoms with Gasteiger partial charge in [-0.05, 0) is 35.6 Å². The van der Waals surface area contributed by atoms with Crippen LogP contribution in [0.3, 0.4) is 0 Å². The molecule has 0 N–H and O–H groups in total. The van der Waals surface area contributed by atoms with Gasteiger partial charge >= 0.3 is 0 Å². The number of Topliss-reactive ketones (excluding diaryl/α,β-unsaturated/α-hetero) is 1.